The first-order valence-corrected chi connectivity index (χ1v) is 4.59. The maximum Gasteiger partial charge on any atom is 0.142 e. The fraction of sp³-hybridized carbons (Fsp3) is 0.182. The summed E-state index contributed by atoms with van der Waals surface area (Å²) in [6, 6.07) is 5.88. The first kappa shape index (κ1) is 9.86. The van der Waals surface area contributed by atoms with Gasteiger partial charge in [0.1, 0.15) is 17.7 Å². The maximum atomic E-state index is 12.9. The van der Waals surface area contributed by atoms with E-state index in [1.165, 1.54) is 12.1 Å². The zero-order chi connectivity index (χ0) is 10.8. The number of aliphatic hydroxyl groups is 1. The van der Waals surface area contributed by atoms with Crippen molar-refractivity contribution < 1.29 is 9.50 Å². The van der Waals surface area contributed by atoms with Gasteiger partial charge in [0, 0.05) is 19.4 Å². The summed E-state index contributed by atoms with van der Waals surface area (Å²) in [7, 11) is 1.78. The minimum atomic E-state index is -0.888. The minimum absolute atomic E-state index is 0.360. The van der Waals surface area contributed by atoms with Gasteiger partial charge in [0.05, 0.1) is 0 Å². The fourth-order valence-electron chi connectivity index (χ4n) is 1.47. The van der Waals surface area contributed by atoms with E-state index in [-0.39, 0.29) is 5.82 Å². The molecule has 1 heterocycles. The van der Waals surface area contributed by atoms with Crippen LogP contribution in [0.3, 0.4) is 0 Å². The van der Waals surface area contributed by atoms with Crippen LogP contribution in [0.2, 0.25) is 0 Å². The quantitative estimate of drug-likeness (QED) is 0.811. The van der Waals surface area contributed by atoms with Crippen molar-refractivity contribution >= 4 is 0 Å². The molecule has 0 spiro atoms. The van der Waals surface area contributed by atoms with Gasteiger partial charge >= 0.3 is 0 Å². The highest BCUT2D eigenvalue weighted by Gasteiger charge is 2.14. The Hall–Kier alpha value is -1.68. The van der Waals surface area contributed by atoms with E-state index in [1.807, 2.05) is 0 Å². The van der Waals surface area contributed by atoms with Gasteiger partial charge in [-0.1, -0.05) is 12.1 Å². The summed E-state index contributed by atoms with van der Waals surface area (Å²) < 4.78 is 14.6. The van der Waals surface area contributed by atoms with Gasteiger partial charge in [-0.2, -0.15) is 0 Å². The summed E-state index contributed by atoms with van der Waals surface area (Å²) >= 11 is 0. The van der Waals surface area contributed by atoms with Crippen LogP contribution in [0.15, 0.2) is 36.7 Å². The number of hydrogen-bond acceptors (Lipinski definition) is 2. The van der Waals surface area contributed by atoms with Crippen molar-refractivity contribution in [2.45, 2.75) is 6.10 Å². The Labute approximate surface area is 86.8 Å². The summed E-state index contributed by atoms with van der Waals surface area (Å²) in [5.74, 6) is 0.140. The predicted molar refractivity (Wildman–Crippen MR) is 53.7 cm³/mol. The van der Waals surface area contributed by atoms with Crippen molar-refractivity contribution in [2.75, 3.05) is 0 Å². The van der Waals surface area contributed by atoms with Crippen LogP contribution >= 0.6 is 0 Å². The average Bonchev–Trinajstić information content (AvgIpc) is 2.63. The first-order valence-electron chi connectivity index (χ1n) is 4.59. The molecule has 15 heavy (non-hydrogen) atoms. The van der Waals surface area contributed by atoms with Crippen LogP contribution in [-0.2, 0) is 7.05 Å². The average molecular weight is 206 g/mol. The third-order valence-corrected chi connectivity index (χ3v) is 2.27. The van der Waals surface area contributed by atoms with Crippen LogP contribution in [0, 0.1) is 5.82 Å². The smallest absolute Gasteiger partial charge is 0.142 e. The van der Waals surface area contributed by atoms with Crippen molar-refractivity contribution in [2.24, 2.45) is 7.05 Å². The molecule has 0 saturated carbocycles. The number of benzene rings is 1. The van der Waals surface area contributed by atoms with Crippen molar-refractivity contribution in [1.29, 1.82) is 0 Å². The van der Waals surface area contributed by atoms with Gasteiger partial charge in [-0.3, -0.25) is 0 Å². The highest BCUT2D eigenvalue weighted by molar-refractivity contribution is 5.23. The van der Waals surface area contributed by atoms with Crippen LogP contribution in [0.25, 0.3) is 0 Å². The molecule has 0 aliphatic rings. The zero-order valence-corrected chi connectivity index (χ0v) is 8.26. The third kappa shape index (κ3) is 1.89. The van der Waals surface area contributed by atoms with Crippen molar-refractivity contribution in [3.8, 4) is 0 Å². The van der Waals surface area contributed by atoms with Gasteiger partial charge in [0.2, 0.25) is 0 Å². The maximum absolute atomic E-state index is 12.9. The molecular formula is C11H11FN2O. The lowest BCUT2D eigenvalue weighted by molar-refractivity contribution is 0.206. The number of hydrogen-bond donors (Lipinski definition) is 1. The Morgan fingerprint density at radius 3 is 2.87 bits per heavy atom. The molecule has 1 unspecified atom stereocenters. The van der Waals surface area contributed by atoms with E-state index in [1.54, 1.807) is 36.1 Å². The summed E-state index contributed by atoms with van der Waals surface area (Å²) in [6.45, 7) is 0. The van der Waals surface area contributed by atoms with E-state index < -0.39 is 6.10 Å². The predicted octanol–water partition coefficient (Wildman–Crippen LogP) is 1.64. The van der Waals surface area contributed by atoms with E-state index in [0.717, 1.165) is 0 Å². The Morgan fingerprint density at radius 2 is 2.27 bits per heavy atom. The van der Waals surface area contributed by atoms with Gasteiger partial charge in [0.25, 0.3) is 0 Å². The Morgan fingerprint density at radius 1 is 1.47 bits per heavy atom. The number of imidazole rings is 1. The van der Waals surface area contributed by atoms with Crippen molar-refractivity contribution in [3.05, 3.63) is 53.9 Å². The number of aliphatic hydroxyl groups excluding tert-OH is 1. The Bertz CT molecular complexity index is 467. The van der Waals surface area contributed by atoms with E-state index in [4.69, 9.17) is 0 Å². The number of aromatic nitrogens is 2. The summed E-state index contributed by atoms with van der Waals surface area (Å²) in [4.78, 5) is 4.01. The summed E-state index contributed by atoms with van der Waals surface area (Å²) in [5.41, 5.74) is 0.504. The molecule has 0 radical (unpaired) electrons. The molecule has 0 aliphatic carbocycles. The SMILES string of the molecule is Cn1ccnc1C(O)c1cccc(F)c1. The van der Waals surface area contributed by atoms with Gasteiger partial charge in [-0.05, 0) is 17.7 Å². The second-order valence-corrected chi connectivity index (χ2v) is 3.35. The second kappa shape index (κ2) is 3.82. The normalized spacial score (nSPS) is 12.7. The number of nitrogens with zero attached hydrogens (tertiary/aromatic N) is 2. The number of rotatable bonds is 2. The molecule has 4 heteroatoms. The molecule has 2 rings (SSSR count). The van der Waals surface area contributed by atoms with E-state index in [2.05, 4.69) is 4.98 Å². The van der Waals surface area contributed by atoms with E-state index >= 15 is 0 Å². The van der Waals surface area contributed by atoms with Crippen molar-refractivity contribution in [1.82, 2.24) is 9.55 Å². The minimum Gasteiger partial charge on any atom is -0.380 e. The molecule has 1 aromatic heterocycles. The lowest BCUT2D eigenvalue weighted by Crippen LogP contribution is -2.06. The van der Waals surface area contributed by atoms with Gasteiger partial charge in [-0.25, -0.2) is 9.37 Å². The van der Waals surface area contributed by atoms with Crippen LogP contribution in [0.4, 0.5) is 4.39 Å². The van der Waals surface area contributed by atoms with E-state index in [0.29, 0.717) is 11.4 Å². The molecule has 2 aromatic rings. The highest BCUT2D eigenvalue weighted by atomic mass is 19.1. The molecule has 0 bridgehead atoms. The molecule has 1 N–H and O–H groups in total. The molecule has 0 saturated heterocycles. The lowest BCUT2D eigenvalue weighted by atomic mass is 10.1. The first-order chi connectivity index (χ1) is 7.18. The van der Waals surface area contributed by atoms with Crippen molar-refractivity contribution in [3.63, 3.8) is 0 Å². The van der Waals surface area contributed by atoms with Crippen LogP contribution in [-0.4, -0.2) is 14.7 Å². The molecule has 1 atom stereocenters. The molecule has 78 valence electrons. The van der Waals surface area contributed by atoms with Gasteiger partial charge in [0.15, 0.2) is 0 Å². The molecule has 1 aromatic carbocycles. The molecule has 0 aliphatic heterocycles. The Kier molecular flexibility index (Phi) is 2.51. The summed E-state index contributed by atoms with van der Waals surface area (Å²) in [5, 5.41) is 9.94. The van der Waals surface area contributed by atoms with Gasteiger partial charge < -0.3 is 9.67 Å². The lowest BCUT2D eigenvalue weighted by Gasteiger charge is -2.10. The number of halogens is 1. The van der Waals surface area contributed by atoms with E-state index in [9.17, 15) is 9.50 Å². The number of aryl methyl sites for hydroxylation is 1. The third-order valence-electron chi connectivity index (χ3n) is 2.27. The molecule has 3 nitrogen and oxygen atoms in total. The van der Waals surface area contributed by atoms with Crippen LogP contribution in [0.1, 0.15) is 17.5 Å². The Balaban J connectivity index is 2.36. The monoisotopic (exact) mass is 206 g/mol. The molecule has 0 fully saturated rings. The second-order valence-electron chi connectivity index (χ2n) is 3.35. The fourth-order valence-corrected chi connectivity index (χ4v) is 1.47. The standard InChI is InChI=1S/C11H11FN2O/c1-14-6-5-13-11(14)10(15)8-3-2-4-9(12)7-8/h2-7,10,15H,1H3. The zero-order valence-electron chi connectivity index (χ0n) is 8.26. The largest absolute Gasteiger partial charge is 0.380 e. The topological polar surface area (TPSA) is 38.0 Å². The summed E-state index contributed by atoms with van der Waals surface area (Å²) in [6.07, 6.45) is 2.44. The van der Waals surface area contributed by atoms with Gasteiger partial charge in [-0.15, -0.1) is 0 Å². The molecule has 0 amide bonds. The van der Waals surface area contributed by atoms with Crippen LogP contribution in [0.5, 0.6) is 0 Å². The highest BCUT2D eigenvalue weighted by Crippen LogP contribution is 2.20. The van der Waals surface area contributed by atoms with Crippen LogP contribution < -0.4 is 0 Å². The molecular weight excluding hydrogens is 195 g/mol.